The zero-order chi connectivity index (χ0) is 18.6. The molecule has 0 heterocycles. The van der Waals surface area contributed by atoms with Gasteiger partial charge in [-0.3, -0.25) is 0 Å². The lowest BCUT2D eigenvalue weighted by molar-refractivity contribution is -0.164. The van der Waals surface area contributed by atoms with Crippen molar-refractivity contribution in [2.75, 3.05) is 0 Å². The molecule has 4 saturated carbocycles. The van der Waals surface area contributed by atoms with E-state index in [9.17, 15) is 4.79 Å². The van der Waals surface area contributed by atoms with E-state index in [-0.39, 0.29) is 0 Å². The number of rotatable bonds is 4. The third-order valence-electron chi connectivity index (χ3n) is 10.5. The van der Waals surface area contributed by atoms with E-state index >= 15 is 0 Å². The summed E-state index contributed by atoms with van der Waals surface area (Å²) in [7, 11) is 0. The lowest BCUT2D eigenvalue weighted by Crippen LogP contribution is -2.58. The van der Waals surface area contributed by atoms with E-state index in [2.05, 4.69) is 20.8 Å². The summed E-state index contributed by atoms with van der Waals surface area (Å²) in [6.07, 6.45) is 18.1. The van der Waals surface area contributed by atoms with Gasteiger partial charge < -0.3 is 4.79 Å². The molecule has 7 unspecified atom stereocenters. The average molecular weight is 359 g/mol. The van der Waals surface area contributed by atoms with Crippen LogP contribution in [0, 0.1) is 39.9 Å². The standard InChI is InChI=1S/C25H42O/c1-18(26)8-7-10-19-11-12-21-24(19,3)17-14-22-23(2)15-6-5-9-20(23)13-16-25(21,22)4/h19-22H,5-17H2,1-4H3. The van der Waals surface area contributed by atoms with Crippen LogP contribution in [-0.4, -0.2) is 5.78 Å². The fourth-order valence-corrected chi connectivity index (χ4v) is 9.15. The van der Waals surface area contributed by atoms with Gasteiger partial charge in [0.25, 0.3) is 0 Å². The first-order valence-corrected chi connectivity index (χ1v) is 11.8. The van der Waals surface area contributed by atoms with Gasteiger partial charge in [-0.05, 0) is 111 Å². The molecular formula is C25H42O. The van der Waals surface area contributed by atoms with Crippen LogP contribution in [0.1, 0.15) is 111 Å². The highest BCUT2D eigenvalue weighted by molar-refractivity contribution is 5.75. The SMILES string of the molecule is CC(=O)CCCC1CCC2C1(C)CCC1C3(C)CCCCC3CCC12C. The van der Waals surface area contributed by atoms with Crippen LogP contribution in [-0.2, 0) is 4.79 Å². The fraction of sp³-hybridized carbons (Fsp3) is 0.960. The van der Waals surface area contributed by atoms with Gasteiger partial charge in [-0.15, -0.1) is 0 Å². The summed E-state index contributed by atoms with van der Waals surface area (Å²) in [4.78, 5) is 11.4. The van der Waals surface area contributed by atoms with Crippen molar-refractivity contribution in [3.05, 3.63) is 0 Å². The molecule has 0 aromatic carbocycles. The Bertz CT molecular complexity index is 552. The van der Waals surface area contributed by atoms with E-state index in [0.717, 1.165) is 36.5 Å². The van der Waals surface area contributed by atoms with Crippen LogP contribution in [0.15, 0.2) is 0 Å². The second kappa shape index (κ2) is 6.63. The van der Waals surface area contributed by atoms with E-state index in [1.165, 1.54) is 70.6 Å². The van der Waals surface area contributed by atoms with Crippen molar-refractivity contribution in [1.29, 1.82) is 0 Å². The summed E-state index contributed by atoms with van der Waals surface area (Å²) < 4.78 is 0. The van der Waals surface area contributed by atoms with Gasteiger partial charge in [0, 0.05) is 6.42 Å². The molecule has 0 aliphatic heterocycles. The maximum absolute atomic E-state index is 11.4. The molecule has 0 saturated heterocycles. The molecule has 0 aromatic heterocycles. The largest absolute Gasteiger partial charge is 0.300 e. The Balaban J connectivity index is 1.55. The molecule has 0 spiro atoms. The Labute approximate surface area is 162 Å². The Kier molecular flexibility index (Phi) is 4.84. The van der Waals surface area contributed by atoms with Crippen LogP contribution >= 0.6 is 0 Å². The van der Waals surface area contributed by atoms with Crippen molar-refractivity contribution >= 4 is 5.78 Å². The average Bonchev–Trinajstić information content (AvgIpc) is 2.92. The molecule has 1 nitrogen and oxygen atoms in total. The van der Waals surface area contributed by atoms with Gasteiger partial charge >= 0.3 is 0 Å². The first-order chi connectivity index (χ1) is 12.3. The number of fused-ring (bicyclic) bond motifs is 5. The lowest BCUT2D eigenvalue weighted by Gasteiger charge is -2.65. The molecule has 26 heavy (non-hydrogen) atoms. The van der Waals surface area contributed by atoms with E-state index in [4.69, 9.17) is 0 Å². The first-order valence-electron chi connectivity index (χ1n) is 11.8. The van der Waals surface area contributed by atoms with Gasteiger partial charge in [-0.1, -0.05) is 33.6 Å². The Morgan fingerprint density at radius 1 is 0.808 bits per heavy atom. The van der Waals surface area contributed by atoms with Crippen LogP contribution in [0.2, 0.25) is 0 Å². The Morgan fingerprint density at radius 2 is 1.54 bits per heavy atom. The molecule has 7 atom stereocenters. The van der Waals surface area contributed by atoms with Crippen LogP contribution in [0.3, 0.4) is 0 Å². The normalized spacial score (nSPS) is 50.6. The van der Waals surface area contributed by atoms with Crippen LogP contribution in [0.4, 0.5) is 0 Å². The number of carbonyl (C=O) groups is 1. The molecule has 0 N–H and O–H groups in total. The van der Waals surface area contributed by atoms with Gasteiger partial charge in [-0.25, -0.2) is 0 Å². The summed E-state index contributed by atoms with van der Waals surface area (Å²) in [5.74, 6) is 4.19. The lowest BCUT2D eigenvalue weighted by atomic mass is 9.39. The molecular weight excluding hydrogens is 316 g/mol. The fourth-order valence-electron chi connectivity index (χ4n) is 9.15. The van der Waals surface area contributed by atoms with Gasteiger partial charge in [0.05, 0.1) is 0 Å². The minimum absolute atomic E-state index is 0.379. The first kappa shape index (κ1) is 19.0. The molecule has 0 radical (unpaired) electrons. The Morgan fingerprint density at radius 3 is 2.31 bits per heavy atom. The van der Waals surface area contributed by atoms with Gasteiger partial charge in [-0.2, -0.15) is 0 Å². The molecule has 0 amide bonds. The molecule has 148 valence electrons. The van der Waals surface area contributed by atoms with E-state index in [0.29, 0.717) is 22.0 Å². The van der Waals surface area contributed by atoms with Crippen molar-refractivity contribution in [2.24, 2.45) is 39.9 Å². The van der Waals surface area contributed by atoms with Gasteiger partial charge in [0.15, 0.2) is 0 Å². The zero-order valence-electron chi connectivity index (χ0n) is 17.9. The molecule has 4 aliphatic carbocycles. The maximum Gasteiger partial charge on any atom is 0.129 e. The minimum atomic E-state index is 0.379. The molecule has 4 aliphatic rings. The minimum Gasteiger partial charge on any atom is -0.300 e. The van der Waals surface area contributed by atoms with Crippen LogP contribution in [0.5, 0.6) is 0 Å². The number of Topliss-reactive ketones (excluding diaryl/α,β-unsaturated/α-hetero) is 1. The predicted molar refractivity (Wildman–Crippen MR) is 109 cm³/mol. The quantitative estimate of drug-likeness (QED) is 0.520. The second-order valence-corrected chi connectivity index (χ2v) is 11.5. The van der Waals surface area contributed by atoms with Crippen molar-refractivity contribution in [2.45, 2.75) is 111 Å². The molecule has 1 heteroatoms. The van der Waals surface area contributed by atoms with E-state index in [1.807, 2.05) is 0 Å². The molecule has 0 bridgehead atoms. The van der Waals surface area contributed by atoms with Crippen molar-refractivity contribution in [3.63, 3.8) is 0 Å². The Hall–Kier alpha value is -0.330. The highest BCUT2D eigenvalue weighted by Crippen LogP contribution is 2.72. The van der Waals surface area contributed by atoms with Crippen molar-refractivity contribution in [1.82, 2.24) is 0 Å². The summed E-state index contributed by atoms with van der Waals surface area (Å²) in [5.41, 5.74) is 1.78. The monoisotopic (exact) mass is 358 g/mol. The second-order valence-electron chi connectivity index (χ2n) is 11.5. The maximum atomic E-state index is 11.4. The molecule has 4 rings (SSSR count). The van der Waals surface area contributed by atoms with Crippen LogP contribution in [0.25, 0.3) is 0 Å². The molecule has 0 aromatic rings. The summed E-state index contributed by atoms with van der Waals surface area (Å²) in [5, 5.41) is 0. The van der Waals surface area contributed by atoms with E-state index < -0.39 is 0 Å². The number of hydrogen-bond acceptors (Lipinski definition) is 1. The third kappa shape index (κ3) is 2.74. The van der Waals surface area contributed by atoms with Crippen LogP contribution < -0.4 is 0 Å². The smallest absolute Gasteiger partial charge is 0.129 e. The highest BCUT2D eigenvalue weighted by atomic mass is 16.1. The highest BCUT2D eigenvalue weighted by Gasteiger charge is 2.64. The predicted octanol–water partition coefficient (Wildman–Crippen LogP) is 7.18. The van der Waals surface area contributed by atoms with Gasteiger partial charge in [0.2, 0.25) is 0 Å². The van der Waals surface area contributed by atoms with Gasteiger partial charge in [0.1, 0.15) is 5.78 Å². The van der Waals surface area contributed by atoms with E-state index in [1.54, 1.807) is 6.92 Å². The summed E-state index contributed by atoms with van der Waals surface area (Å²) >= 11 is 0. The van der Waals surface area contributed by atoms with Crippen molar-refractivity contribution in [3.8, 4) is 0 Å². The number of carbonyl (C=O) groups excluding carboxylic acids is 1. The summed E-state index contributed by atoms with van der Waals surface area (Å²) in [6, 6.07) is 0. The van der Waals surface area contributed by atoms with Crippen molar-refractivity contribution < 1.29 is 4.79 Å². The third-order valence-corrected chi connectivity index (χ3v) is 10.5. The molecule has 4 fully saturated rings. The topological polar surface area (TPSA) is 17.1 Å². The number of ketones is 1. The summed E-state index contributed by atoms with van der Waals surface area (Å²) in [6.45, 7) is 9.82. The number of hydrogen-bond donors (Lipinski definition) is 0. The zero-order valence-corrected chi connectivity index (χ0v) is 17.9.